The molecule has 1 aromatic carbocycles. The van der Waals surface area contributed by atoms with Crippen molar-refractivity contribution in [3.63, 3.8) is 0 Å². The van der Waals surface area contributed by atoms with E-state index in [0.29, 0.717) is 5.82 Å². The molecule has 2 aromatic rings. The van der Waals surface area contributed by atoms with E-state index in [9.17, 15) is 13.2 Å². The van der Waals surface area contributed by atoms with Gasteiger partial charge in [0, 0.05) is 38.9 Å². The van der Waals surface area contributed by atoms with Crippen LogP contribution in [-0.4, -0.2) is 36.1 Å². The number of pyridine rings is 1. The Hall–Kier alpha value is -2.08. The van der Waals surface area contributed by atoms with Crippen molar-refractivity contribution >= 4 is 5.82 Å². The first kappa shape index (κ1) is 17.7. The highest BCUT2D eigenvalue weighted by Gasteiger charge is 2.31. The number of anilines is 1. The Balaban J connectivity index is 1.62. The third kappa shape index (κ3) is 4.51. The van der Waals surface area contributed by atoms with Gasteiger partial charge in [-0.2, -0.15) is 13.2 Å². The monoisotopic (exact) mass is 349 g/mol. The van der Waals surface area contributed by atoms with Crippen LogP contribution in [0.3, 0.4) is 0 Å². The summed E-state index contributed by atoms with van der Waals surface area (Å²) in [5, 5.41) is 0. The maximum atomic E-state index is 12.7. The largest absolute Gasteiger partial charge is 0.417 e. The van der Waals surface area contributed by atoms with Crippen molar-refractivity contribution in [3.05, 3.63) is 59.3 Å². The van der Waals surface area contributed by atoms with Crippen molar-refractivity contribution in [2.75, 3.05) is 31.1 Å². The number of aryl methyl sites for hydroxylation is 1. The van der Waals surface area contributed by atoms with Crippen LogP contribution in [0.2, 0.25) is 0 Å². The molecule has 1 aliphatic rings. The quantitative estimate of drug-likeness (QED) is 0.831. The Labute approximate surface area is 146 Å². The van der Waals surface area contributed by atoms with Crippen LogP contribution >= 0.6 is 0 Å². The average molecular weight is 349 g/mol. The number of hydrogen-bond acceptors (Lipinski definition) is 3. The van der Waals surface area contributed by atoms with Gasteiger partial charge in [-0.05, 0) is 36.6 Å². The van der Waals surface area contributed by atoms with Crippen molar-refractivity contribution in [1.29, 1.82) is 0 Å². The summed E-state index contributed by atoms with van der Waals surface area (Å²) in [6, 6.07) is 10.9. The predicted molar refractivity (Wildman–Crippen MR) is 92.5 cm³/mol. The third-order valence-electron chi connectivity index (χ3n) is 4.64. The molecule has 0 aliphatic carbocycles. The minimum Gasteiger partial charge on any atom is -0.355 e. The van der Waals surface area contributed by atoms with E-state index in [1.807, 2.05) is 6.07 Å². The molecule has 1 aromatic heterocycles. The Kier molecular flexibility index (Phi) is 5.27. The fourth-order valence-corrected chi connectivity index (χ4v) is 3.13. The molecule has 0 bridgehead atoms. The first-order valence-electron chi connectivity index (χ1n) is 8.48. The number of aromatic nitrogens is 1. The molecule has 0 amide bonds. The summed E-state index contributed by atoms with van der Waals surface area (Å²) < 4.78 is 38.0. The molecule has 0 unspecified atom stereocenters. The molecule has 134 valence electrons. The van der Waals surface area contributed by atoms with Gasteiger partial charge in [0.1, 0.15) is 5.82 Å². The molecule has 1 aliphatic heterocycles. The Morgan fingerprint density at radius 2 is 1.80 bits per heavy atom. The number of nitrogens with zero attached hydrogens (tertiary/aromatic N) is 3. The van der Waals surface area contributed by atoms with Gasteiger partial charge < -0.3 is 4.90 Å². The Morgan fingerprint density at radius 3 is 2.48 bits per heavy atom. The molecule has 3 rings (SSSR count). The number of alkyl halides is 3. The first-order valence-corrected chi connectivity index (χ1v) is 8.48. The van der Waals surface area contributed by atoms with Crippen LogP contribution in [0, 0.1) is 6.92 Å². The number of halogens is 3. The molecule has 0 spiro atoms. The smallest absolute Gasteiger partial charge is 0.355 e. The highest BCUT2D eigenvalue weighted by Crippen LogP contribution is 2.29. The van der Waals surface area contributed by atoms with E-state index in [0.717, 1.165) is 51.4 Å². The molecular weight excluding hydrogens is 327 g/mol. The van der Waals surface area contributed by atoms with Crippen molar-refractivity contribution in [2.24, 2.45) is 0 Å². The minimum absolute atomic E-state index is 0.616. The van der Waals surface area contributed by atoms with Gasteiger partial charge in [-0.25, -0.2) is 4.98 Å². The second kappa shape index (κ2) is 7.44. The lowest BCUT2D eigenvalue weighted by Crippen LogP contribution is -2.31. The molecule has 3 nitrogen and oxygen atoms in total. The lowest BCUT2D eigenvalue weighted by atomic mass is 10.1. The highest BCUT2D eigenvalue weighted by molar-refractivity contribution is 5.40. The zero-order chi connectivity index (χ0) is 17.9. The zero-order valence-electron chi connectivity index (χ0n) is 14.3. The van der Waals surface area contributed by atoms with Gasteiger partial charge in [0.15, 0.2) is 0 Å². The van der Waals surface area contributed by atoms with Crippen molar-refractivity contribution in [2.45, 2.75) is 26.1 Å². The van der Waals surface area contributed by atoms with Gasteiger partial charge in [-0.3, -0.25) is 4.90 Å². The number of benzene rings is 1. The SMILES string of the molecule is Cc1ccccc1CN1CCCN(c2ccc(C(F)(F)F)cn2)CC1. The molecule has 1 fully saturated rings. The summed E-state index contributed by atoms with van der Waals surface area (Å²) in [6.07, 6.45) is -2.45. The van der Waals surface area contributed by atoms with E-state index < -0.39 is 11.7 Å². The molecule has 0 saturated carbocycles. The summed E-state index contributed by atoms with van der Waals surface area (Å²) in [5.41, 5.74) is 1.91. The highest BCUT2D eigenvalue weighted by atomic mass is 19.4. The third-order valence-corrected chi connectivity index (χ3v) is 4.64. The van der Waals surface area contributed by atoms with E-state index in [1.165, 1.54) is 17.2 Å². The van der Waals surface area contributed by atoms with Gasteiger partial charge in [-0.1, -0.05) is 24.3 Å². The molecule has 0 N–H and O–H groups in total. The van der Waals surface area contributed by atoms with Crippen LogP contribution in [0.15, 0.2) is 42.6 Å². The summed E-state index contributed by atoms with van der Waals surface area (Å²) in [7, 11) is 0. The lowest BCUT2D eigenvalue weighted by molar-refractivity contribution is -0.137. The summed E-state index contributed by atoms with van der Waals surface area (Å²) >= 11 is 0. The van der Waals surface area contributed by atoms with Crippen LogP contribution < -0.4 is 4.90 Å². The molecule has 2 heterocycles. The van der Waals surface area contributed by atoms with Crippen LogP contribution in [-0.2, 0) is 12.7 Å². The molecule has 0 radical (unpaired) electrons. The predicted octanol–water partition coefficient (Wildman–Crippen LogP) is 4.12. The van der Waals surface area contributed by atoms with Gasteiger partial charge in [0.05, 0.1) is 5.56 Å². The summed E-state index contributed by atoms with van der Waals surface area (Å²) in [4.78, 5) is 8.48. The molecule has 0 atom stereocenters. The van der Waals surface area contributed by atoms with Crippen LogP contribution in [0.1, 0.15) is 23.1 Å². The average Bonchev–Trinajstić information content (AvgIpc) is 2.82. The lowest BCUT2D eigenvalue weighted by Gasteiger charge is -2.23. The number of hydrogen-bond donors (Lipinski definition) is 0. The Bertz CT molecular complexity index is 698. The number of rotatable bonds is 3. The normalized spacial score (nSPS) is 16.7. The van der Waals surface area contributed by atoms with Gasteiger partial charge in [0.2, 0.25) is 0 Å². The Morgan fingerprint density at radius 1 is 1.00 bits per heavy atom. The van der Waals surface area contributed by atoms with E-state index in [-0.39, 0.29) is 0 Å². The van der Waals surface area contributed by atoms with Crippen molar-refractivity contribution in [3.8, 4) is 0 Å². The second-order valence-electron chi connectivity index (χ2n) is 6.45. The van der Waals surface area contributed by atoms with Gasteiger partial charge >= 0.3 is 6.18 Å². The van der Waals surface area contributed by atoms with Gasteiger partial charge in [-0.15, -0.1) is 0 Å². The first-order chi connectivity index (χ1) is 11.9. The van der Waals surface area contributed by atoms with E-state index in [4.69, 9.17) is 0 Å². The maximum absolute atomic E-state index is 12.7. The topological polar surface area (TPSA) is 19.4 Å². The van der Waals surface area contributed by atoms with E-state index in [1.54, 1.807) is 0 Å². The minimum atomic E-state index is -4.34. The van der Waals surface area contributed by atoms with Crippen molar-refractivity contribution in [1.82, 2.24) is 9.88 Å². The van der Waals surface area contributed by atoms with E-state index >= 15 is 0 Å². The molecule has 25 heavy (non-hydrogen) atoms. The molecular formula is C19H22F3N3. The van der Waals surface area contributed by atoms with Crippen LogP contribution in [0.4, 0.5) is 19.0 Å². The fraction of sp³-hybridized carbons (Fsp3) is 0.421. The maximum Gasteiger partial charge on any atom is 0.417 e. The van der Waals surface area contributed by atoms with Gasteiger partial charge in [0.25, 0.3) is 0 Å². The van der Waals surface area contributed by atoms with Crippen LogP contribution in [0.5, 0.6) is 0 Å². The molecule has 6 heteroatoms. The van der Waals surface area contributed by atoms with Crippen LogP contribution in [0.25, 0.3) is 0 Å². The van der Waals surface area contributed by atoms with Crippen molar-refractivity contribution < 1.29 is 13.2 Å². The summed E-state index contributed by atoms with van der Waals surface area (Å²) in [6.45, 7) is 6.45. The van der Waals surface area contributed by atoms with E-state index in [2.05, 4.69) is 39.9 Å². The standard InChI is InChI=1S/C19H22F3N3/c1-15-5-2-3-6-16(15)14-24-9-4-10-25(12-11-24)18-8-7-17(13-23-18)19(20,21)22/h2-3,5-8,13H,4,9-12,14H2,1H3. The fourth-order valence-electron chi connectivity index (χ4n) is 3.13. The second-order valence-corrected chi connectivity index (χ2v) is 6.45. The summed E-state index contributed by atoms with van der Waals surface area (Å²) in [5.74, 6) is 0.616. The molecule has 1 saturated heterocycles. The zero-order valence-corrected chi connectivity index (χ0v) is 14.3.